The molecule has 0 radical (unpaired) electrons. The second kappa shape index (κ2) is 3.65. The summed E-state index contributed by atoms with van der Waals surface area (Å²) in [6.07, 6.45) is 6.27. The fourth-order valence-electron chi connectivity index (χ4n) is 1.52. The lowest BCUT2D eigenvalue weighted by Crippen LogP contribution is -2.16. The average molecular weight is 139 g/mol. The van der Waals surface area contributed by atoms with Gasteiger partial charge in [-0.2, -0.15) is 0 Å². The maximum atomic E-state index is 3.44. The van der Waals surface area contributed by atoms with E-state index in [9.17, 15) is 0 Å². The number of nitrogens with one attached hydrogen (secondary N) is 1. The lowest BCUT2D eigenvalue weighted by molar-refractivity contribution is 0.592. The van der Waals surface area contributed by atoms with Crippen LogP contribution in [0.5, 0.6) is 0 Å². The monoisotopic (exact) mass is 139 g/mol. The highest BCUT2D eigenvalue weighted by Crippen LogP contribution is 2.18. The topological polar surface area (TPSA) is 12.0 Å². The maximum Gasteiger partial charge on any atom is 0.0143 e. The molecule has 1 atom stereocenters. The molecule has 0 aromatic rings. The van der Waals surface area contributed by atoms with E-state index in [2.05, 4.69) is 25.2 Å². The fraction of sp³-hybridized carbons (Fsp3) is 0.778. The number of hydrogen-bond acceptors (Lipinski definition) is 1. The van der Waals surface area contributed by atoms with Gasteiger partial charge in [-0.1, -0.05) is 19.4 Å². The first-order valence-electron chi connectivity index (χ1n) is 4.24. The van der Waals surface area contributed by atoms with Crippen LogP contribution in [0.3, 0.4) is 0 Å². The van der Waals surface area contributed by atoms with E-state index in [1.165, 1.54) is 31.5 Å². The van der Waals surface area contributed by atoms with Gasteiger partial charge in [0, 0.05) is 12.2 Å². The predicted octanol–water partition coefficient (Wildman–Crippen LogP) is 2.30. The van der Waals surface area contributed by atoms with Crippen LogP contribution in [0, 0.1) is 5.92 Å². The molecular weight excluding hydrogens is 122 g/mol. The largest absolute Gasteiger partial charge is 0.388 e. The van der Waals surface area contributed by atoms with Crippen molar-refractivity contribution in [2.24, 2.45) is 5.92 Å². The highest BCUT2D eigenvalue weighted by atomic mass is 14.9. The van der Waals surface area contributed by atoms with E-state index in [4.69, 9.17) is 0 Å². The summed E-state index contributed by atoms with van der Waals surface area (Å²) in [6, 6.07) is 0. The van der Waals surface area contributed by atoms with Crippen molar-refractivity contribution in [3.05, 3.63) is 11.8 Å². The van der Waals surface area contributed by atoms with Crippen molar-refractivity contribution in [2.75, 3.05) is 6.54 Å². The first kappa shape index (κ1) is 7.64. The number of hydrogen-bond donors (Lipinski definition) is 1. The lowest BCUT2D eigenvalue weighted by Gasteiger charge is -2.11. The third-order valence-corrected chi connectivity index (χ3v) is 2.23. The fourth-order valence-corrected chi connectivity index (χ4v) is 1.52. The summed E-state index contributed by atoms with van der Waals surface area (Å²) in [7, 11) is 0. The van der Waals surface area contributed by atoms with Crippen LogP contribution >= 0.6 is 0 Å². The Morgan fingerprint density at radius 3 is 3.00 bits per heavy atom. The molecule has 1 nitrogen and oxygen atoms in total. The van der Waals surface area contributed by atoms with Crippen molar-refractivity contribution in [3.8, 4) is 0 Å². The molecule has 1 N–H and O–H groups in total. The van der Waals surface area contributed by atoms with Gasteiger partial charge in [0.05, 0.1) is 0 Å². The van der Waals surface area contributed by atoms with E-state index >= 15 is 0 Å². The van der Waals surface area contributed by atoms with Crippen molar-refractivity contribution in [2.45, 2.75) is 33.1 Å². The minimum absolute atomic E-state index is 0.757. The zero-order valence-electron chi connectivity index (χ0n) is 6.98. The van der Waals surface area contributed by atoms with Crippen molar-refractivity contribution in [1.29, 1.82) is 0 Å². The Bertz CT molecular complexity index is 127. The first-order chi connectivity index (χ1) is 4.84. The SMILES string of the molecule is C/C=C1/NCCCCC1C. The van der Waals surface area contributed by atoms with Crippen molar-refractivity contribution in [3.63, 3.8) is 0 Å². The van der Waals surface area contributed by atoms with E-state index < -0.39 is 0 Å². The minimum Gasteiger partial charge on any atom is -0.388 e. The minimum atomic E-state index is 0.757. The molecule has 1 saturated heterocycles. The molecule has 0 aromatic heterocycles. The molecule has 1 fully saturated rings. The lowest BCUT2D eigenvalue weighted by atomic mass is 10.0. The molecular formula is C9H17N. The van der Waals surface area contributed by atoms with Crippen molar-refractivity contribution >= 4 is 0 Å². The number of allylic oxidation sites excluding steroid dienone is 2. The Hall–Kier alpha value is -0.460. The van der Waals surface area contributed by atoms with Gasteiger partial charge in [0.1, 0.15) is 0 Å². The van der Waals surface area contributed by atoms with Crippen LogP contribution in [0.25, 0.3) is 0 Å². The van der Waals surface area contributed by atoms with Crippen LogP contribution in [0.4, 0.5) is 0 Å². The molecule has 1 aliphatic heterocycles. The Kier molecular flexibility index (Phi) is 2.79. The van der Waals surface area contributed by atoms with Crippen LogP contribution in [0.2, 0.25) is 0 Å². The van der Waals surface area contributed by atoms with E-state index in [0.29, 0.717) is 0 Å². The molecule has 0 bridgehead atoms. The summed E-state index contributed by atoms with van der Waals surface area (Å²) in [5.41, 5.74) is 1.44. The molecule has 1 unspecified atom stereocenters. The predicted molar refractivity (Wildman–Crippen MR) is 44.8 cm³/mol. The van der Waals surface area contributed by atoms with Gasteiger partial charge in [0.15, 0.2) is 0 Å². The molecule has 1 rings (SSSR count). The third-order valence-electron chi connectivity index (χ3n) is 2.23. The Morgan fingerprint density at radius 2 is 2.30 bits per heavy atom. The molecule has 0 saturated carbocycles. The summed E-state index contributed by atoms with van der Waals surface area (Å²) >= 11 is 0. The normalized spacial score (nSPS) is 31.4. The van der Waals surface area contributed by atoms with Gasteiger partial charge in [-0.05, 0) is 25.7 Å². The van der Waals surface area contributed by atoms with Gasteiger partial charge in [-0.15, -0.1) is 0 Å². The van der Waals surface area contributed by atoms with Crippen molar-refractivity contribution < 1.29 is 0 Å². The molecule has 0 aromatic carbocycles. The summed E-state index contributed by atoms with van der Waals surface area (Å²) in [4.78, 5) is 0. The van der Waals surface area contributed by atoms with Crippen molar-refractivity contribution in [1.82, 2.24) is 5.32 Å². The molecule has 1 heterocycles. The second-order valence-corrected chi connectivity index (χ2v) is 3.07. The third kappa shape index (κ3) is 1.76. The summed E-state index contributed by atoms with van der Waals surface area (Å²) < 4.78 is 0. The van der Waals surface area contributed by atoms with Gasteiger partial charge in [-0.3, -0.25) is 0 Å². The van der Waals surface area contributed by atoms with Gasteiger partial charge in [-0.25, -0.2) is 0 Å². The molecule has 0 spiro atoms. The van der Waals surface area contributed by atoms with Crippen LogP contribution in [-0.2, 0) is 0 Å². The molecule has 0 aliphatic carbocycles. The Balaban J connectivity index is 2.52. The zero-order valence-corrected chi connectivity index (χ0v) is 6.98. The van der Waals surface area contributed by atoms with Crippen LogP contribution in [0.15, 0.2) is 11.8 Å². The Labute approximate surface area is 63.5 Å². The molecule has 0 amide bonds. The average Bonchev–Trinajstić information content (AvgIpc) is 2.13. The molecule has 1 aliphatic rings. The standard InChI is InChI=1S/C9H17N/c1-3-9-8(2)6-4-5-7-10-9/h3,8,10H,4-7H2,1-2H3/b9-3+. The highest BCUT2D eigenvalue weighted by Gasteiger charge is 2.09. The quantitative estimate of drug-likeness (QED) is 0.543. The van der Waals surface area contributed by atoms with Crippen LogP contribution in [-0.4, -0.2) is 6.54 Å². The first-order valence-corrected chi connectivity index (χ1v) is 4.24. The molecule has 10 heavy (non-hydrogen) atoms. The van der Waals surface area contributed by atoms with Gasteiger partial charge in [0.2, 0.25) is 0 Å². The van der Waals surface area contributed by atoms with E-state index in [1.54, 1.807) is 0 Å². The van der Waals surface area contributed by atoms with Gasteiger partial charge in [0.25, 0.3) is 0 Å². The second-order valence-electron chi connectivity index (χ2n) is 3.07. The molecule has 58 valence electrons. The summed E-state index contributed by atoms with van der Waals surface area (Å²) in [5.74, 6) is 0.757. The van der Waals surface area contributed by atoms with Crippen LogP contribution in [0.1, 0.15) is 33.1 Å². The molecule has 1 heteroatoms. The smallest absolute Gasteiger partial charge is 0.0143 e. The highest BCUT2D eigenvalue weighted by molar-refractivity contribution is 5.02. The van der Waals surface area contributed by atoms with E-state index in [1.807, 2.05) is 0 Å². The Morgan fingerprint density at radius 1 is 1.50 bits per heavy atom. The summed E-state index contributed by atoms with van der Waals surface area (Å²) in [6.45, 7) is 5.59. The van der Waals surface area contributed by atoms with E-state index in [-0.39, 0.29) is 0 Å². The van der Waals surface area contributed by atoms with E-state index in [0.717, 1.165) is 5.92 Å². The maximum absolute atomic E-state index is 3.44. The number of rotatable bonds is 0. The summed E-state index contributed by atoms with van der Waals surface area (Å²) in [5, 5.41) is 3.44. The van der Waals surface area contributed by atoms with Crippen LogP contribution < -0.4 is 5.32 Å². The van der Waals surface area contributed by atoms with Gasteiger partial charge < -0.3 is 5.32 Å². The van der Waals surface area contributed by atoms with Gasteiger partial charge >= 0.3 is 0 Å². The zero-order chi connectivity index (χ0) is 7.40.